The van der Waals surface area contributed by atoms with Crippen LogP contribution in [0.4, 0.5) is 24.5 Å². The molecule has 1 aromatic carbocycles. The summed E-state index contributed by atoms with van der Waals surface area (Å²) in [5.41, 5.74) is -0.783. The molecule has 1 aliphatic heterocycles. The normalized spacial score (nSPS) is 16.0. The number of ether oxygens (including phenoxy) is 1. The molecule has 2 N–H and O–H groups in total. The molecule has 0 aromatic heterocycles. The van der Waals surface area contributed by atoms with Crippen LogP contribution in [0.25, 0.3) is 0 Å². The fourth-order valence-corrected chi connectivity index (χ4v) is 1.73. The fourth-order valence-electron chi connectivity index (χ4n) is 1.73. The third kappa shape index (κ3) is 3.33. The molecular weight excluding hydrogens is 289 g/mol. The Labute approximate surface area is 117 Å². The van der Waals surface area contributed by atoms with Crippen LogP contribution in [0.15, 0.2) is 30.0 Å². The van der Waals surface area contributed by atoms with Gasteiger partial charge in [-0.2, -0.15) is 13.2 Å². The van der Waals surface area contributed by atoms with Gasteiger partial charge in [0.1, 0.15) is 5.70 Å². The molecule has 0 spiro atoms. The molecule has 1 heterocycles. The van der Waals surface area contributed by atoms with Crippen LogP contribution in [0, 0.1) is 0 Å². The lowest BCUT2D eigenvalue weighted by Crippen LogP contribution is -2.27. The molecule has 1 aromatic rings. The fraction of sp³-hybridized carbons (Fsp3) is 0.231. The Morgan fingerprint density at radius 1 is 1.29 bits per heavy atom. The summed E-state index contributed by atoms with van der Waals surface area (Å²) in [7, 11) is 0. The number of anilines is 2. The number of benzene rings is 1. The number of esters is 1. The lowest BCUT2D eigenvalue weighted by molar-refractivity contribution is -0.138. The second kappa shape index (κ2) is 5.47. The molecule has 2 rings (SSSR count). The van der Waals surface area contributed by atoms with Gasteiger partial charge in [-0.15, -0.1) is 0 Å². The SMILES string of the molecule is CCOC(=O)/C=C1/Nc2cc(C(F)(F)F)ccc2NC1=O. The first-order chi connectivity index (χ1) is 9.81. The summed E-state index contributed by atoms with van der Waals surface area (Å²) in [5.74, 6) is -1.39. The van der Waals surface area contributed by atoms with E-state index in [1.54, 1.807) is 6.92 Å². The third-order valence-electron chi connectivity index (χ3n) is 2.66. The minimum Gasteiger partial charge on any atom is -0.463 e. The minimum absolute atomic E-state index is 0.0555. The Balaban J connectivity index is 2.32. The number of halogens is 3. The van der Waals surface area contributed by atoms with Crippen LogP contribution in [-0.2, 0) is 20.5 Å². The van der Waals surface area contributed by atoms with Crippen LogP contribution < -0.4 is 10.6 Å². The maximum absolute atomic E-state index is 12.6. The van der Waals surface area contributed by atoms with Gasteiger partial charge in [0.15, 0.2) is 0 Å². The van der Waals surface area contributed by atoms with E-state index in [1.807, 2.05) is 0 Å². The van der Waals surface area contributed by atoms with Crippen LogP contribution in [0.1, 0.15) is 12.5 Å². The molecule has 0 fully saturated rings. The van der Waals surface area contributed by atoms with Crippen molar-refractivity contribution in [3.05, 3.63) is 35.5 Å². The minimum atomic E-state index is -4.50. The van der Waals surface area contributed by atoms with E-state index in [4.69, 9.17) is 0 Å². The van der Waals surface area contributed by atoms with Crippen LogP contribution in [0.3, 0.4) is 0 Å². The molecule has 8 heteroatoms. The zero-order valence-corrected chi connectivity index (χ0v) is 10.9. The summed E-state index contributed by atoms with van der Waals surface area (Å²) in [5, 5.41) is 4.89. The van der Waals surface area contributed by atoms with Crippen molar-refractivity contribution in [2.75, 3.05) is 17.2 Å². The molecule has 0 unspecified atom stereocenters. The van der Waals surface area contributed by atoms with E-state index < -0.39 is 23.6 Å². The molecule has 0 bridgehead atoms. The Hall–Kier alpha value is -2.51. The molecule has 1 amide bonds. The van der Waals surface area contributed by atoms with Crippen LogP contribution in [0.5, 0.6) is 0 Å². The van der Waals surface area contributed by atoms with Crippen molar-refractivity contribution >= 4 is 23.3 Å². The van der Waals surface area contributed by atoms with Gasteiger partial charge in [0.2, 0.25) is 0 Å². The van der Waals surface area contributed by atoms with Crippen molar-refractivity contribution in [2.24, 2.45) is 0 Å². The first-order valence-corrected chi connectivity index (χ1v) is 5.99. The zero-order chi connectivity index (χ0) is 15.6. The van der Waals surface area contributed by atoms with E-state index in [-0.39, 0.29) is 23.7 Å². The van der Waals surface area contributed by atoms with Gasteiger partial charge in [-0.3, -0.25) is 4.79 Å². The molecule has 0 aliphatic carbocycles. The molecule has 0 saturated carbocycles. The highest BCUT2D eigenvalue weighted by Gasteiger charge is 2.32. The summed E-state index contributed by atoms with van der Waals surface area (Å²) in [6.07, 6.45) is -3.61. The predicted molar refractivity (Wildman–Crippen MR) is 68.4 cm³/mol. The van der Waals surface area contributed by atoms with Crippen molar-refractivity contribution in [1.29, 1.82) is 0 Å². The van der Waals surface area contributed by atoms with E-state index in [2.05, 4.69) is 15.4 Å². The standard InChI is InChI=1S/C13H11F3N2O3/c1-2-21-11(19)6-10-12(20)18-8-4-3-7(13(14,15)16)5-9(8)17-10/h3-6,17H,2H2,1H3,(H,18,20)/b10-6+. The first kappa shape index (κ1) is 14.9. The monoisotopic (exact) mass is 300 g/mol. The maximum Gasteiger partial charge on any atom is 0.416 e. The molecule has 0 atom stereocenters. The molecule has 1 aliphatic rings. The third-order valence-corrected chi connectivity index (χ3v) is 2.66. The van der Waals surface area contributed by atoms with Gasteiger partial charge in [0.25, 0.3) is 5.91 Å². The summed E-state index contributed by atoms with van der Waals surface area (Å²) < 4.78 is 42.6. The van der Waals surface area contributed by atoms with Gasteiger partial charge in [0.05, 0.1) is 29.6 Å². The van der Waals surface area contributed by atoms with Crippen molar-refractivity contribution in [2.45, 2.75) is 13.1 Å². The van der Waals surface area contributed by atoms with Gasteiger partial charge in [-0.25, -0.2) is 4.79 Å². The average molecular weight is 300 g/mol. The lowest BCUT2D eigenvalue weighted by atomic mass is 10.1. The Kier molecular flexibility index (Phi) is 3.88. The Morgan fingerprint density at radius 2 is 2.00 bits per heavy atom. The van der Waals surface area contributed by atoms with Gasteiger partial charge in [-0.05, 0) is 25.1 Å². The first-order valence-electron chi connectivity index (χ1n) is 5.99. The van der Waals surface area contributed by atoms with E-state index >= 15 is 0 Å². The zero-order valence-electron chi connectivity index (χ0n) is 10.9. The van der Waals surface area contributed by atoms with Gasteiger partial charge < -0.3 is 15.4 Å². The van der Waals surface area contributed by atoms with Crippen LogP contribution in [0.2, 0.25) is 0 Å². The van der Waals surface area contributed by atoms with E-state index in [1.165, 1.54) is 0 Å². The van der Waals surface area contributed by atoms with Gasteiger partial charge >= 0.3 is 12.1 Å². The average Bonchev–Trinajstić information content (AvgIpc) is 2.38. The van der Waals surface area contributed by atoms with Crippen LogP contribution >= 0.6 is 0 Å². The van der Waals surface area contributed by atoms with Crippen molar-refractivity contribution in [3.8, 4) is 0 Å². The largest absolute Gasteiger partial charge is 0.463 e. The number of carbonyl (C=O) groups excluding carboxylic acids is 2. The number of hydrogen-bond donors (Lipinski definition) is 2. The quantitative estimate of drug-likeness (QED) is 0.650. The number of rotatable bonds is 2. The van der Waals surface area contributed by atoms with Crippen LogP contribution in [-0.4, -0.2) is 18.5 Å². The van der Waals surface area contributed by atoms with E-state index in [0.29, 0.717) is 0 Å². The summed E-state index contributed by atoms with van der Waals surface area (Å²) >= 11 is 0. The molecule has 0 radical (unpaired) electrons. The maximum atomic E-state index is 12.6. The smallest absolute Gasteiger partial charge is 0.416 e. The molecule has 5 nitrogen and oxygen atoms in total. The topological polar surface area (TPSA) is 67.4 Å². The summed E-state index contributed by atoms with van der Waals surface area (Å²) in [6.45, 7) is 1.72. The molecule has 21 heavy (non-hydrogen) atoms. The van der Waals surface area contributed by atoms with Crippen molar-refractivity contribution < 1.29 is 27.5 Å². The number of alkyl halides is 3. The van der Waals surface area contributed by atoms with Crippen molar-refractivity contribution in [3.63, 3.8) is 0 Å². The highest BCUT2D eigenvalue weighted by atomic mass is 19.4. The van der Waals surface area contributed by atoms with E-state index in [9.17, 15) is 22.8 Å². The lowest BCUT2D eigenvalue weighted by Gasteiger charge is -2.22. The molecule has 112 valence electrons. The number of carbonyl (C=O) groups is 2. The Morgan fingerprint density at radius 3 is 2.62 bits per heavy atom. The molecule has 0 saturated heterocycles. The number of fused-ring (bicyclic) bond motifs is 1. The van der Waals surface area contributed by atoms with E-state index in [0.717, 1.165) is 24.3 Å². The highest BCUT2D eigenvalue weighted by molar-refractivity contribution is 6.13. The highest BCUT2D eigenvalue weighted by Crippen LogP contribution is 2.36. The van der Waals surface area contributed by atoms with Crippen molar-refractivity contribution in [1.82, 2.24) is 0 Å². The second-order valence-corrected chi connectivity index (χ2v) is 4.15. The van der Waals surface area contributed by atoms with Gasteiger partial charge in [0, 0.05) is 0 Å². The molecular formula is C13H11F3N2O3. The number of amides is 1. The Bertz CT molecular complexity index is 624. The summed E-state index contributed by atoms with van der Waals surface area (Å²) in [4.78, 5) is 23.0. The number of hydrogen-bond acceptors (Lipinski definition) is 4. The predicted octanol–water partition coefficient (Wildman–Crippen LogP) is 2.52. The summed E-state index contributed by atoms with van der Waals surface area (Å²) in [6, 6.07) is 2.86. The number of nitrogens with one attached hydrogen (secondary N) is 2. The second-order valence-electron chi connectivity index (χ2n) is 4.15. The van der Waals surface area contributed by atoms with Gasteiger partial charge in [-0.1, -0.05) is 0 Å².